The van der Waals surface area contributed by atoms with Crippen LogP contribution in [-0.4, -0.2) is 29.3 Å². The van der Waals surface area contributed by atoms with Crippen molar-refractivity contribution in [3.8, 4) is 0 Å². The van der Waals surface area contributed by atoms with Gasteiger partial charge in [-0.15, -0.1) is 0 Å². The second kappa shape index (κ2) is 9.91. The maximum atomic E-state index is 12.9. The summed E-state index contributed by atoms with van der Waals surface area (Å²) in [4.78, 5) is 28.7. The van der Waals surface area contributed by atoms with E-state index in [9.17, 15) is 9.59 Å². The molecule has 2 aromatic rings. The van der Waals surface area contributed by atoms with Gasteiger partial charge in [0.05, 0.1) is 0 Å². The number of aryl methyl sites for hydroxylation is 1. The first kappa shape index (κ1) is 20.7. The molecule has 0 fully saturated rings. The van der Waals surface area contributed by atoms with Crippen LogP contribution in [0.1, 0.15) is 45.2 Å². The van der Waals surface area contributed by atoms with Crippen molar-refractivity contribution < 1.29 is 9.59 Å². The van der Waals surface area contributed by atoms with E-state index >= 15 is 0 Å². The van der Waals surface area contributed by atoms with Gasteiger partial charge in [0, 0.05) is 38.2 Å². The Bertz CT molecular complexity index is 756. The van der Waals surface area contributed by atoms with Crippen LogP contribution < -0.4 is 4.90 Å². The summed E-state index contributed by atoms with van der Waals surface area (Å²) in [5.74, 6) is 0.0249. The number of hydrogen-bond donors (Lipinski definition) is 0. The Labute approximate surface area is 162 Å². The summed E-state index contributed by atoms with van der Waals surface area (Å²) in [6.07, 6.45) is 1.16. The van der Waals surface area contributed by atoms with Crippen LogP contribution in [0.4, 0.5) is 5.69 Å². The van der Waals surface area contributed by atoms with Crippen molar-refractivity contribution in [3.63, 3.8) is 0 Å². The fourth-order valence-electron chi connectivity index (χ4n) is 3.21. The molecule has 2 aromatic carbocycles. The highest BCUT2D eigenvalue weighted by atomic mass is 16.2. The Morgan fingerprint density at radius 1 is 0.963 bits per heavy atom. The molecule has 0 aliphatic heterocycles. The normalized spacial score (nSPS) is 10.7. The molecule has 0 unspecified atom stereocenters. The van der Waals surface area contributed by atoms with E-state index in [4.69, 9.17) is 0 Å². The Balaban J connectivity index is 2.10. The molecule has 0 spiro atoms. The predicted octanol–water partition coefficient (Wildman–Crippen LogP) is 4.43. The molecule has 4 nitrogen and oxygen atoms in total. The number of anilines is 1. The summed E-state index contributed by atoms with van der Waals surface area (Å²) < 4.78 is 0. The Morgan fingerprint density at radius 3 is 2.19 bits per heavy atom. The molecule has 0 heterocycles. The zero-order chi connectivity index (χ0) is 19.8. The van der Waals surface area contributed by atoms with Crippen molar-refractivity contribution in [3.05, 3.63) is 65.7 Å². The van der Waals surface area contributed by atoms with Crippen LogP contribution in [0.5, 0.6) is 0 Å². The van der Waals surface area contributed by atoms with Gasteiger partial charge >= 0.3 is 0 Å². The number of rotatable bonds is 8. The van der Waals surface area contributed by atoms with Crippen LogP contribution in [0.3, 0.4) is 0 Å². The Morgan fingerprint density at radius 2 is 1.59 bits per heavy atom. The van der Waals surface area contributed by atoms with Gasteiger partial charge in [-0.3, -0.25) is 9.59 Å². The summed E-state index contributed by atoms with van der Waals surface area (Å²) in [5, 5.41) is 0. The number of benzene rings is 2. The number of carbonyl (C=O) groups excluding carboxylic acids is 2. The molecule has 144 valence electrons. The third kappa shape index (κ3) is 5.68. The van der Waals surface area contributed by atoms with Gasteiger partial charge in [-0.2, -0.15) is 0 Å². The van der Waals surface area contributed by atoms with E-state index in [1.54, 1.807) is 11.8 Å². The minimum Gasteiger partial charge on any atom is -0.336 e. The van der Waals surface area contributed by atoms with E-state index in [0.29, 0.717) is 19.5 Å². The number of nitrogens with zero attached hydrogens (tertiary/aromatic N) is 2. The molecule has 0 saturated heterocycles. The van der Waals surface area contributed by atoms with Gasteiger partial charge in [0.25, 0.3) is 0 Å². The first-order valence-corrected chi connectivity index (χ1v) is 9.63. The average molecular weight is 367 g/mol. The first-order valence-electron chi connectivity index (χ1n) is 9.63. The van der Waals surface area contributed by atoms with Gasteiger partial charge in [-0.1, -0.05) is 55.5 Å². The lowest BCUT2D eigenvalue weighted by atomic mass is 10.1. The van der Waals surface area contributed by atoms with Crippen molar-refractivity contribution in [1.82, 2.24) is 4.90 Å². The number of amides is 2. The molecular formula is C23H30N2O2. The second-order valence-electron chi connectivity index (χ2n) is 7.00. The molecule has 0 N–H and O–H groups in total. The molecule has 0 bridgehead atoms. The Hall–Kier alpha value is -2.62. The maximum Gasteiger partial charge on any atom is 0.224 e. The molecular weight excluding hydrogens is 336 g/mol. The summed E-state index contributed by atoms with van der Waals surface area (Å²) in [6, 6.07) is 18.0. The monoisotopic (exact) mass is 366 g/mol. The average Bonchev–Trinajstić information content (AvgIpc) is 2.66. The summed E-state index contributed by atoms with van der Waals surface area (Å²) >= 11 is 0. The minimum atomic E-state index is -0.0390. The van der Waals surface area contributed by atoms with Crippen LogP contribution in [0.15, 0.2) is 54.6 Å². The number of hydrogen-bond acceptors (Lipinski definition) is 2. The van der Waals surface area contributed by atoms with E-state index in [-0.39, 0.29) is 17.9 Å². The van der Waals surface area contributed by atoms with Gasteiger partial charge in [0.2, 0.25) is 11.8 Å². The van der Waals surface area contributed by atoms with Crippen LogP contribution >= 0.6 is 0 Å². The number of carbonyl (C=O) groups is 2. The lowest BCUT2D eigenvalue weighted by molar-refractivity contribution is -0.133. The standard InChI is InChI=1S/C23H30N2O2/c1-5-21-13-9-10-14-22(21)24(19(4)26)16-15-23(27)25(18(2)3)17-20-11-7-6-8-12-20/h6-14,18H,5,15-17H2,1-4H3. The molecule has 2 amide bonds. The van der Waals surface area contributed by atoms with E-state index in [1.165, 1.54) is 0 Å². The molecule has 0 radical (unpaired) electrons. The highest BCUT2D eigenvalue weighted by Crippen LogP contribution is 2.22. The smallest absolute Gasteiger partial charge is 0.224 e. The zero-order valence-electron chi connectivity index (χ0n) is 16.8. The molecule has 0 aromatic heterocycles. The lowest BCUT2D eigenvalue weighted by Crippen LogP contribution is -2.39. The van der Waals surface area contributed by atoms with E-state index in [1.807, 2.05) is 73.3 Å². The van der Waals surface area contributed by atoms with E-state index < -0.39 is 0 Å². The summed E-state index contributed by atoms with van der Waals surface area (Å²) in [6.45, 7) is 8.65. The molecule has 0 atom stereocenters. The maximum absolute atomic E-state index is 12.9. The molecule has 4 heteroatoms. The predicted molar refractivity (Wildman–Crippen MR) is 111 cm³/mol. The van der Waals surface area contributed by atoms with Gasteiger partial charge < -0.3 is 9.80 Å². The Kier molecular flexibility index (Phi) is 7.59. The second-order valence-corrected chi connectivity index (χ2v) is 7.00. The van der Waals surface area contributed by atoms with Crippen LogP contribution in [0, 0.1) is 0 Å². The molecule has 0 aliphatic carbocycles. The third-order valence-corrected chi connectivity index (χ3v) is 4.73. The first-order chi connectivity index (χ1) is 12.9. The van der Waals surface area contributed by atoms with Gasteiger partial charge in [0.15, 0.2) is 0 Å². The highest BCUT2D eigenvalue weighted by molar-refractivity contribution is 5.93. The molecule has 27 heavy (non-hydrogen) atoms. The fourth-order valence-corrected chi connectivity index (χ4v) is 3.21. The van der Waals surface area contributed by atoms with Gasteiger partial charge in [-0.05, 0) is 37.5 Å². The van der Waals surface area contributed by atoms with E-state index in [0.717, 1.165) is 23.2 Å². The lowest BCUT2D eigenvalue weighted by Gasteiger charge is -2.29. The third-order valence-electron chi connectivity index (χ3n) is 4.73. The SMILES string of the molecule is CCc1ccccc1N(CCC(=O)N(Cc1ccccc1)C(C)C)C(C)=O. The van der Waals surface area contributed by atoms with Crippen molar-refractivity contribution in [1.29, 1.82) is 0 Å². The molecule has 0 aliphatic rings. The van der Waals surface area contributed by atoms with Crippen molar-refractivity contribution in [2.24, 2.45) is 0 Å². The largest absolute Gasteiger partial charge is 0.336 e. The summed E-state index contributed by atoms with van der Waals surface area (Å²) in [5.41, 5.74) is 3.13. The highest BCUT2D eigenvalue weighted by Gasteiger charge is 2.20. The summed E-state index contributed by atoms with van der Waals surface area (Å²) in [7, 11) is 0. The van der Waals surface area contributed by atoms with E-state index in [2.05, 4.69) is 6.92 Å². The minimum absolute atomic E-state index is 0.0390. The van der Waals surface area contributed by atoms with Gasteiger partial charge in [0.1, 0.15) is 0 Å². The van der Waals surface area contributed by atoms with Gasteiger partial charge in [-0.25, -0.2) is 0 Å². The van der Waals surface area contributed by atoms with Crippen LogP contribution in [0.2, 0.25) is 0 Å². The zero-order valence-corrected chi connectivity index (χ0v) is 16.8. The van der Waals surface area contributed by atoms with Crippen molar-refractivity contribution in [2.75, 3.05) is 11.4 Å². The topological polar surface area (TPSA) is 40.6 Å². The van der Waals surface area contributed by atoms with Crippen molar-refractivity contribution in [2.45, 2.75) is 53.1 Å². The molecule has 2 rings (SSSR count). The van der Waals surface area contributed by atoms with Crippen LogP contribution in [-0.2, 0) is 22.6 Å². The quantitative estimate of drug-likeness (QED) is 0.693. The van der Waals surface area contributed by atoms with Crippen LogP contribution in [0.25, 0.3) is 0 Å². The van der Waals surface area contributed by atoms with Crippen molar-refractivity contribution >= 4 is 17.5 Å². The number of para-hydroxylation sites is 1. The fraction of sp³-hybridized carbons (Fsp3) is 0.391. The molecule has 0 saturated carbocycles.